The Bertz CT molecular complexity index is 923. The predicted molar refractivity (Wildman–Crippen MR) is 92.2 cm³/mol. The van der Waals surface area contributed by atoms with Crippen LogP contribution in [-0.4, -0.2) is 30.1 Å². The van der Waals surface area contributed by atoms with Crippen LogP contribution in [0.1, 0.15) is 24.0 Å². The molecule has 1 aromatic rings. The second-order valence-electron chi connectivity index (χ2n) is 6.81. The molecule has 1 aromatic carbocycles. The molecule has 0 fully saturated rings. The van der Waals surface area contributed by atoms with Gasteiger partial charge in [0.05, 0.1) is 16.6 Å². The van der Waals surface area contributed by atoms with E-state index >= 15 is 0 Å². The fourth-order valence-corrected chi connectivity index (χ4v) is 4.33. The SMILES string of the molecule is Fc1c(Br)ccc2c1CCC[C@@]21CN2C=C(C(F)(F)F)C=C(OC(F)F)C2=N1. The Morgan fingerprint density at radius 1 is 1.25 bits per heavy atom. The molecule has 4 rings (SSSR count). The summed E-state index contributed by atoms with van der Waals surface area (Å²) < 4.78 is 84.3. The largest absolute Gasteiger partial charge is 0.431 e. The van der Waals surface area contributed by atoms with Crippen molar-refractivity contribution < 1.29 is 31.1 Å². The average Bonchev–Trinajstić information content (AvgIpc) is 2.96. The van der Waals surface area contributed by atoms with Crippen LogP contribution in [0, 0.1) is 5.82 Å². The summed E-state index contributed by atoms with van der Waals surface area (Å²) in [5, 5.41) is 0. The number of amidine groups is 1. The quantitative estimate of drug-likeness (QED) is 0.544. The van der Waals surface area contributed by atoms with Gasteiger partial charge < -0.3 is 9.64 Å². The Morgan fingerprint density at radius 3 is 2.68 bits per heavy atom. The number of aliphatic imine (C=N–C) groups is 1. The maximum Gasteiger partial charge on any atom is 0.417 e. The van der Waals surface area contributed by atoms with E-state index in [0.717, 1.165) is 11.1 Å². The van der Waals surface area contributed by atoms with E-state index in [-0.39, 0.29) is 16.9 Å². The summed E-state index contributed by atoms with van der Waals surface area (Å²) in [7, 11) is 0. The molecule has 0 amide bonds. The molecule has 0 unspecified atom stereocenters. The van der Waals surface area contributed by atoms with Gasteiger partial charge in [-0.1, -0.05) is 6.07 Å². The molecule has 3 nitrogen and oxygen atoms in total. The zero-order chi connectivity index (χ0) is 20.3. The molecule has 1 atom stereocenters. The van der Waals surface area contributed by atoms with Gasteiger partial charge in [-0.25, -0.2) is 4.39 Å². The fourth-order valence-electron chi connectivity index (χ4n) is 3.96. The predicted octanol–water partition coefficient (Wildman–Crippen LogP) is 5.42. The Kier molecular flexibility index (Phi) is 4.52. The molecule has 150 valence electrons. The van der Waals surface area contributed by atoms with Gasteiger partial charge in [0.1, 0.15) is 11.4 Å². The summed E-state index contributed by atoms with van der Waals surface area (Å²) in [6.45, 7) is -3.31. The Balaban J connectivity index is 1.82. The number of nitrogens with zero attached hydrogens (tertiary/aromatic N) is 2. The smallest absolute Gasteiger partial charge is 0.417 e. The highest BCUT2D eigenvalue weighted by molar-refractivity contribution is 9.10. The first kappa shape index (κ1) is 19.4. The van der Waals surface area contributed by atoms with Crippen LogP contribution in [0.25, 0.3) is 0 Å². The van der Waals surface area contributed by atoms with Gasteiger partial charge in [-0.15, -0.1) is 0 Å². The number of fused-ring (bicyclic) bond motifs is 3. The maximum absolute atomic E-state index is 14.6. The van der Waals surface area contributed by atoms with Gasteiger partial charge in [-0.05, 0) is 58.5 Å². The summed E-state index contributed by atoms with van der Waals surface area (Å²) >= 11 is 3.13. The monoisotopic (exact) mass is 466 g/mol. The lowest BCUT2D eigenvalue weighted by Crippen LogP contribution is -2.37. The van der Waals surface area contributed by atoms with Crippen LogP contribution in [0.2, 0.25) is 0 Å². The van der Waals surface area contributed by atoms with Crippen LogP contribution >= 0.6 is 15.9 Å². The van der Waals surface area contributed by atoms with Gasteiger partial charge >= 0.3 is 12.8 Å². The second kappa shape index (κ2) is 6.53. The van der Waals surface area contributed by atoms with Gasteiger partial charge in [0.2, 0.25) is 0 Å². The lowest BCUT2D eigenvalue weighted by molar-refractivity contribution is -0.0981. The normalized spacial score (nSPS) is 24.0. The lowest BCUT2D eigenvalue weighted by Gasteiger charge is -2.34. The van der Waals surface area contributed by atoms with Crippen LogP contribution in [0.5, 0.6) is 0 Å². The minimum absolute atomic E-state index is 0.0140. The average molecular weight is 467 g/mol. The van der Waals surface area contributed by atoms with Gasteiger partial charge in [0.15, 0.2) is 11.6 Å². The van der Waals surface area contributed by atoms with E-state index < -0.39 is 35.5 Å². The molecule has 2 aliphatic heterocycles. The third-order valence-electron chi connectivity index (χ3n) is 5.08. The van der Waals surface area contributed by atoms with Crippen molar-refractivity contribution in [1.29, 1.82) is 0 Å². The second-order valence-corrected chi connectivity index (χ2v) is 7.66. The Morgan fingerprint density at radius 2 is 2.00 bits per heavy atom. The number of alkyl halides is 5. The van der Waals surface area contributed by atoms with Gasteiger partial charge in [0.25, 0.3) is 0 Å². The van der Waals surface area contributed by atoms with E-state index in [4.69, 9.17) is 0 Å². The van der Waals surface area contributed by atoms with E-state index in [1.807, 2.05) is 0 Å². The Labute approximate surface area is 164 Å². The number of halogens is 7. The molecule has 2 heterocycles. The first-order chi connectivity index (χ1) is 13.1. The lowest BCUT2D eigenvalue weighted by atomic mass is 9.77. The number of hydrogen-bond donors (Lipinski definition) is 0. The topological polar surface area (TPSA) is 24.8 Å². The van der Waals surface area contributed by atoms with Crippen LogP contribution in [0.4, 0.5) is 26.3 Å². The standard InChI is InChI=1S/C18H13BrF6N2O/c19-12-4-3-11-10(14(12)20)2-1-5-17(11)8-27-7-9(18(23,24)25)6-13(15(27)26-17)28-16(21)22/h3-4,6-7,16H,1-2,5,8H2/t17-/m1/s1. The third-order valence-corrected chi connectivity index (χ3v) is 5.70. The minimum Gasteiger partial charge on any atom is -0.431 e. The summed E-state index contributed by atoms with van der Waals surface area (Å²) in [4.78, 5) is 5.65. The van der Waals surface area contributed by atoms with E-state index in [2.05, 4.69) is 25.7 Å². The number of ether oxygens (including phenoxy) is 1. The van der Waals surface area contributed by atoms with Crippen LogP contribution in [0.3, 0.4) is 0 Å². The molecular weight excluding hydrogens is 454 g/mol. The first-order valence-corrected chi connectivity index (χ1v) is 9.20. The molecule has 0 radical (unpaired) electrons. The highest BCUT2D eigenvalue weighted by atomic mass is 79.9. The molecular formula is C18H13BrF6N2O. The van der Waals surface area contributed by atoms with E-state index in [1.54, 1.807) is 6.07 Å². The molecule has 0 saturated carbocycles. The van der Waals surface area contributed by atoms with Crippen LogP contribution in [-0.2, 0) is 16.7 Å². The minimum atomic E-state index is -4.74. The van der Waals surface area contributed by atoms with Gasteiger partial charge in [0, 0.05) is 6.20 Å². The van der Waals surface area contributed by atoms with Crippen molar-refractivity contribution in [3.63, 3.8) is 0 Å². The van der Waals surface area contributed by atoms with Crippen molar-refractivity contribution in [2.24, 2.45) is 4.99 Å². The summed E-state index contributed by atoms with van der Waals surface area (Å²) in [6, 6.07) is 3.19. The maximum atomic E-state index is 14.6. The number of allylic oxidation sites excluding steroid dienone is 2. The molecule has 10 heteroatoms. The molecule has 0 saturated heterocycles. The summed E-state index contributed by atoms with van der Waals surface area (Å²) in [6.07, 6.45) is -1.90. The van der Waals surface area contributed by atoms with Crippen molar-refractivity contribution in [3.05, 3.63) is 57.2 Å². The molecule has 0 bridgehead atoms. The van der Waals surface area contributed by atoms with Crippen molar-refractivity contribution in [1.82, 2.24) is 4.90 Å². The Hall–Kier alpha value is -1.97. The van der Waals surface area contributed by atoms with E-state index in [1.165, 1.54) is 6.07 Å². The van der Waals surface area contributed by atoms with Gasteiger partial charge in [-0.3, -0.25) is 4.99 Å². The van der Waals surface area contributed by atoms with Crippen molar-refractivity contribution in [2.45, 2.75) is 37.6 Å². The molecule has 3 aliphatic rings. The highest BCUT2D eigenvalue weighted by Crippen LogP contribution is 2.46. The highest BCUT2D eigenvalue weighted by Gasteiger charge is 2.48. The number of benzene rings is 1. The molecule has 1 spiro atoms. The van der Waals surface area contributed by atoms with Crippen molar-refractivity contribution in [2.75, 3.05) is 6.54 Å². The van der Waals surface area contributed by atoms with E-state index in [9.17, 15) is 26.3 Å². The fraction of sp³-hybridized carbons (Fsp3) is 0.389. The zero-order valence-electron chi connectivity index (χ0n) is 14.2. The zero-order valence-corrected chi connectivity index (χ0v) is 15.7. The van der Waals surface area contributed by atoms with Crippen LogP contribution < -0.4 is 0 Å². The molecule has 1 aliphatic carbocycles. The molecule has 0 aromatic heterocycles. The number of rotatable bonds is 2. The summed E-state index contributed by atoms with van der Waals surface area (Å²) in [5.74, 6) is -1.19. The molecule has 28 heavy (non-hydrogen) atoms. The number of hydrogen-bond acceptors (Lipinski definition) is 3. The van der Waals surface area contributed by atoms with Gasteiger partial charge in [-0.2, -0.15) is 22.0 Å². The first-order valence-electron chi connectivity index (χ1n) is 8.40. The molecule has 0 N–H and O–H groups in total. The van der Waals surface area contributed by atoms with Crippen molar-refractivity contribution in [3.8, 4) is 0 Å². The van der Waals surface area contributed by atoms with Crippen molar-refractivity contribution >= 4 is 21.8 Å². The van der Waals surface area contributed by atoms with Crippen LogP contribution in [0.15, 0.2) is 45.2 Å². The summed E-state index contributed by atoms with van der Waals surface area (Å²) in [5.41, 5.74) is -1.14. The third kappa shape index (κ3) is 3.11. The van der Waals surface area contributed by atoms with E-state index in [0.29, 0.717) is 36.5 Å².